The van der Waals surface area contributed by atoms with Gasteiger partial charge in [0.2, 0.25) is 5.88 Å². The summed E-state index contributed by atoms with van der Waals surface area (Å²) in [5.41, 5.74) is 3.09. The standard InChI is InChI=1S/C22H17Cl2NO2/c1-22(2)12-19(26)17-11-16(13-7-9-14(23)10-8-13)20(25-21(17)27-22)15-5-3-4-6-18(15)24/h3-11H,12H2,1-2H3. The van der Waals surface area contributed by atoms with Gasteiger partial charge >= 0.3 is 0 Å². The number of hydrogen-bond acceptors (Lipinski definition) is 3. The van der Waals surface area contributed by atoms with E-state index in [4.69, 9.17) is 32.9 Å². The highest BCUT2D eigenvalue weighted by Crippen LogP contribution is 2.41. The van der Waals surface area contributed by atoms with Gasteiger partial charge in [-0.3, -0.25) is 4.79 Å². The molecule has 1 aliphatic rings. The lowest BCUT2D eigenvalue weighted by Crippen LogP contribution is -2.36. The minimum atomic E-state index is -0.587. The Bertz CT molecular complexity index is 1040. The Balaban J connectivity index is 1.99. The van der Waals surface area contributed by atoms with Crippen LogP contribution in [-0.2, 0) is 0 Å². The van der Waals surface area contributed by atoms with Gasteiger partial charge in [0, 0.05) is 21.2 Å². The first kappa shape index (κ1) is 18.0. The number of carbonyl (C=O) groups excluding carboxylic acids is 1. The van der Waals surface area contributed by atoms with E-state index in [9.17, 15) is 4.79 Å². The summed E-state index contributed by atoms with van der Waals surface area (Å²) in [6.07, 6.45) is 0.313. The molecule has 0 amide bonds. The van der Waals surface area contributed by atoms with E-state index in [1.54, 1.807) is 0 Å². The molecule has 0 unspecified atom stereocenters. The number of ether oxygens (including phenoxy) is 1. The van der Waals surface area contributed by atoms with Crippen molar-refractivity contribution in [3.8, 4) is 28.3 Å². The minimum Gasteiger partial charge on any atom is -0.471 e. The molecule has 0 bridgehead atoms. The van der Waals surface area contributed by atoms with Crippen molar-refractivity contribution in [2.75, 3.05) is 0 Å². The fourth-order valence-corrected chi connectivity index (χ4v) is 3.61. The Morgan fingerprint density at radius 1 is 0.963 bits per heavy atom. The number of halogens is 2. The monoisotopic (exact) mass is 397 g/mol. The molecular weight excluding hydrogens is 381 g/mol. The van der Waals surface area contributed by atoms with Gasteiger partial charge in [0.05, 0.1) is 17.7 Å². The highest BCUT2D eigenvalue weighted by atomic mass is 35.5. The number of rotatable bonds is 2. The third-order valence-corrected chi connectivity index (χ3v) is 5.11. The van der Waals surface area contributed by atoms with Gasteiger partial charge in [0.25, 0.3) is 0 Å². The summed E-state index contributed by atoms with van der Waals surface area (Å²) in [4.78, 5) is 17.4. The maximum Gasteiger partial charge on any atom is 0.225 e. The highest BCUT2D eigenvalue weighted by molar-refractivity contribution is 6.33. The van der Waals surface area contributed by atoms with E-state index in [0.29, 0.717) is 33.6 Å². The Morgan fingerprint density at radius 3 is 2.37 bits per heavy atom. The van der Waals surface area contributed by atoms with Gasteiger partial charge < -0.3 is 4.74 Å². The highest BCUT2D eigenvalue weighted by Gasteiger charge is 2.34. The lowest BCUT2D eigenvalue weighted by Gasteiger charge is -2.31. The van der Waals surface area contributed by atoms with Crippen molar-refractivity contribution in [1.29, 1.82) is 0 Å². The Kier molecular flexibility index (Phi) is 4.45. The van der Waals surface area contributed by atoms with Crippen LogP contribution in [0.2, 0.25) is 10.0 Å². The summed E-state index contributed by atoms with van der Waals surface area (Å²) in [5, 5.41) is 1.23. The lowest BCUT2D eigenvalue weighted by molar-refractivity contribution is 0.0592. The quantitative estimate of drug-likeness (QED) is 0.497. The van der Waals surface area contributed by atoms with Crippen molar-refractivity contribution in [3.63, 3.8) is 0 Å². The molecule has 0 spiro atoms. The van der Waals surface area contributed by atoms with Crippen molar-refractivity contribution in [3.05, 3.63) is 70.2 Å². The topological polar surface area (TPSA) is 39.2 Å². The number of nitrogens with zero attached hydrogens (tertiary/aromatic N) is 1. The fraction of sp³-hybridized carbons (Fsp3) is 0.182. The van der Waals surface area contributed by atoms with Crippen molar-refractivity contribution < 1.29 is 9.53 Å². The zero-order chi connectivity index (χ0) is 19.2. The van der Waals surface area contributed by atoms with Crippen LogP contribution in [0.3, 0.4) is 0 Å². The maximum atomic E-state index is 12.7. The van der Waals surface area contributed by atoms with E-state index in [1.165, 1.54) is 0 Å². The van der Waals surface area contributed by atoms with Gasteiger partial charge in [0.1, 0.15) is 5.60 Å². The predicted octanol–water partition coefficient (Wildman–Crippen LogP) is 6.47. The second-order valence-corrected chi connectivity index (χ2v) is 8.03. The molecular formula is C22H17Cl2NO2. The first-order chi connectivity index (χ1) is 12.8. The zero-order valence-corrected chi connectivity index (χ0v) is 16.4. The third-order valence-electron chi connectivity index (χ3n) is 4.53. The van der Waals surface area contributed by atoms with E-state index >= 15 is 0 Å². The van der Waals surface area contributed by atoms with E-state index < -0.39 is 5.60 Å². The average molecular weight is 398 g/mol. The van der Waals surface area contributed by atoms with Crippen LogP contribution in [-0.4, -0.2) is 16.4 Å². The summed E-state index contributed by atoms with van der Waals surface area (Å²) in [7, 11) is 0. The Morgan fingerprint density at radius 2 is 1.67 bits per heavy atom. The van der Waals surface area contributed by atoms with Gasteiger partial charge in [-0.05, 0) is 43.7 Å². The molecule has 0 atom stereocenters. The van der Waals surface area contributed by atoms with Crippen LogP contribution < -0.4 is 4.74 Å². The van der Waals surface area contributed by atoms with Crippen LogP contribution in [0.4, 0.5) is 0 Å². The molecule has 1 aliphatic heterocycles. The first-order valence-electron chi connectivity index (χ1n) is 8.62. The number of aromatic nitrogens is 1. The maximum absolute atomic E-state index is 12.7. The number of benzene rings is 2. The molecule has 1 aromatic heterocycles. The molecule has 0 N–H and O–H groups in total. The van der Waals surface area contributed by atoms with Gasteiger partial charge in [-0.2, -0.15) is 0 Å². The fourth-order valence-electron chi connectivity index (χ4n) is 3.26. The van der Waals surface area contributed by atoms with Crippen LogP contribution in [0.5, 0.6) is 5.88 Å². The molecule has 2 aromatic carbocycles. The molecule has 0 radical (unpaired) electrons. The smallest absolute Gasteiger partial charge is 0.225 e. The molecule has 4 rings (SSSR count). The number of carbonyl (C=O) groups is 1. The number of pyridine rings is 1. The van der Waals surface area contributed by atoms with Gasteiger partial charge in [-0.1, -0.05) is 53.5 Å². The largest absolute Gasteiger partial charge is 0.471 e. The van der Waals surface area contributed by atoms with E-state index in [2.05, 4.69) is 0 Å². The molecule has 5 heteroatoms. The normalized spacial score (nSPS) is 15.2. The molecule has 136 valence electrons. The molecule has 3 nitrogen and oxygen atoms in total. The SMILES string of the molecule is CC1(C)CC(=O)c2cc(-c3ccc(Cl)cc3)c(-c3ccccc3Cl)nc2O1. The summed E-state index contributed by atoms with van der Waals surface area (Å²) in [5.74, 6) is 0.374. The van der Waals surface area contributed by atoms with Crippen LogP contribution in [0.25, 0.3) is 22.4 Å². The van der Waals surface area contributed by atoms with Crippen molar-refractivity contribution in [2.45, 2.75) is 25.9 Å². The van der Waals surface area contributed by atoms with Gasteiger partial charge in [-0.15, -0.1) is 0 Å². The molecule has 2 heterocycles. The number of hydrogen-bond donors (Lipinski definition) is 0. The van der Waals surface area contributed by atoms with Crippen molar-refractivity contribution >= 4 is 29.0 Å². The number of fused-ring (bicyclic) bond motifs is 1. The zero-order valence-electron chi connectivity index (χ0n) is 14.9. The number of ketones is 1. The Hall–Kier alpha value is -2.36. The van der Waals surface area contributed by atoms with Crippen LogP contribution >= 0.6 is 23.2 Å². The van der Waals surface area contributed by atoms with Gasteiger partial charge in [-0.25, -0.2) is 4.98 Å². The first-order valence-corrected chi connectivity index (χ1v) is 9.38. The molecule has 0 saturated carbocycles. The third kappa shape index (κ3) is 3.45. The van der Waals surface area contributed by atoms with Crippen LogP contribution in [0.1, 0.15) is 30.6 Å². The van der Waals surface area contributed by atoms with E-state index in [-0.39, 0.29) is 5.78 Å². The summed E-state index contributed by atoms with van der Waals surface area (Å²) in [6.45, 7) is 3.77. The molecule has 27 heavy (non-hydrogen) atoms. The number of Topliss-reactive ketones (excluding diaryl/α,β-unsaturated/α-hetero) is 1. The van der Waals surface area contributed by atoms with E-state index in [1.807, 2.05) is 68.4 Å². The van der Waals surface area contributed by atoms with Crippen molar-refractivity contribution in [1.82, 2.24) is 4.98 Å². The van der Waals surface area contributed by atoms with Crippen LogP contribution in [0, 0.1) is 0 Å². The molecule has 0 fully saturated rings. The second-order valence-electron chi connectivity index (χ2n) is 7.19. The lowest BCUT2D eigenvalue weighted by atomic mass is 9.91. The molecule has 0 saturated heterocycles. The summed E-state index contributed by atoms with van der Waals surface area (Å²) >= 11 is 12.5. The molecule has 0 aliphatic carbocycles. The van der Waals surface area contributed by atoms with Crippen LogP contribution in [0.15, 0.2) is 54.6 Å². The van der Waals surface area contributed by atoms with Gasteiger partial charge in [0.15, 0.2) is 5.78 Å². The molecule has 3 aromatic rings. The van der Waals surface area contributed by atoms with E-state index in [0.717, 1.165) is 16.7 Å². The summed E-state index contributed by atoms with van der Waals surface area (Å²) in [6, 6.07) is 16.8. The summed E-state index contributed by atoms with van der Waals surface area (Å²) < 4.78 is 6.01. The Labute approximate surface area is 167 Å². The average Bonchev–Trinajstić information content (AvgIpc) is 2.61. The second kappa shape index (κ2) is 6.66. The predicted molar refractivity (Wildman–Crippen MR) is 109 cm³/mol. The van der Waals surface area contributed by atoms with Crippen molar-refractivity contribution in [2.24, 2.45) is 0 Å². The minimum absolute atomic E-state index is 0.0228.